The summed E-state index contributed by atoms with van der Waals surface area (Å²) in [7, 11) is 0. The number of aryl methyl sites for hydroxylation is 1. The van der Waals surface area contributed by atoms with Crippen molar-refractivity contribution >= 4 is 39.1 Å². The van der Waals surface area contributed by atoms with Gasteiger partial charge in [-0.2, -0.15) is 0 Å². The van der Waals surface area contributed by atoms with Gasteiger partial charge < -0.3 is 0 Å². The minimum absolute atomic E-state index is 0.259. The molecule has 0 aliphatic rings. The van der Waals surface area contributed by atoms with Crippen LogP contribution in [0.2, 0.25) is 5.02 Å². The van der Waals surface area contributed by atoms with Crippen molar-refractivity contribution in [1.29, 1.82) is 0 Å². The van der Waals surface area contributed by atoms with Crippen LogP contribution >= 0.6 is 39.1 Å². The van der Waals surface area contributed by atoms with E-state index in [1.165, 1.54) is 5.56 Å². The van der Waals surface area contributed by atoms with Crippen LogP contribution in [0, 0.1) is 0 Å². The summed E-state index contributed by atoms with van der Waals surface area (Å²) in [6, 6.07) is 5.98. The summed E-state index contributed by atoms with van der Waals surface area (Å²) in [5.74, 6) is 0. The normalized spacial score (nSPS) is 12.9. The van der Waals surface area contributed by atoms with Crippen LogP contribution in [0.25, 0.3) is 0 Å². The van der Waals surface area contributed by atoms with Crippen molar-refractivity contribution in [3.63, 3.8) is 0 Å². The van der Waals surface area contributed by atoms with E-state index in [2.05, 4.69) is 22.9 Å². The Balaban J connectivity index is 2.59. The summed E-state index contributed by atoms with van der Waals surface area (Å²) in [5, 5.41) is 1.08. The fourth-order valence-corrected chi connectivity index (χ4v) is 2.12. The van der Waals surface area contributed by atoms with Crippen molar-refractivity contribution in [3.05, 3.63) is 33.3 Å². The van der Waals surface area contributed by atoms with Gasteiger partial charge >= 0.3 is 0 Å². The lowest BCUT2D eigenvalue weighted by Crippen LogP contribution is -1.98. The Kier molecular flexibility index (Phi) is 5.29. The molecule has 3 heteroatoms. The maximum Gasteiger partial charge on any atom is 0.0449 e. The molecule has 0 saturated carbocycles. The molecule has 0 radical (unpaired) electrons. The summed E-state index contributed by atoms with van der Waals surface area (Å²) >= 11 is 15.5. The molecule has 0 fully saturated rings. The molecule has 0 aromatic heterocycles. The second-order valence-corrected chi connectivity index (χ2v) is 5.22. The average molecular weight is 296 g/mol. The number of rotatable bonds is 4. The summed E-state index contributed by atoms with van der Waals surface area (Å²) in [5.41, 5.74) is 1.17. The van der Waals surface area contributed by atoms with Gasteiger partial charge in [0.05, 0.1) is 0 Å². The molecule has 1 aromatic carbocycles. The summed E-state index contributed by atoms with van der Waals surface area (Å²) in [6.45, 7) is 2.10. The van der Waals surface area contributed by atoms with Gasteiger partial charge in [-0.3, -0.25) is 0 Å². The lowest BCUT2D eigenvalue weighted by molar-refractivity contribution is 0.727. The molecule has 1 aromatic rings. The highest BCUT2D eigenvalue weighted by molar-refractivity contribution is 9.10. The van der Waals surface area contributed by atoms with E-state index in [0.29, 0.717) is 0 Å². The highest BCUT2D eigenvalue weighted by Gasteiger charge is 2.05. The Bertz CT molecular complexity index is 299. The summed E-state index contributed by atoms with van der Waals surface area (Å²) in [4.78, 5) is 0. The quantitative estimate of drug-likeness (QED) is 0.682. The number of hydrogen-bond acceptors (Lipinski definition) is 0. The zero-order chi connectivity index (χ0) is 10.6. The number of halogens is 3. The molecule has 14 heavy (non-hydrogen) atoms. The van der Waals surface area contributed by atoms with E-state index < -0.39 is 0 Å². The molecular formula is C11H13BrCl2. The van der Waals surface area contributed by atoms with Crippen LogP contribution in [0.3, 0.4) is 0 Å². The van der Waals surface area contributed by atoms with Crippen LogP contribution in [0.4, 0.5) is 0 Å². The van der Waals surface area contributed by atoms with Crippen LogP contribution in [-0.2, 0) is 6.42 Å². The SMILES string of the molecule is CCC(Cl)CCc1ccc(Br)cc1Cl. The number of benzene rings is 1. The third kappa shape index (κ3) is 3.80. The molecule has 78 valence electrons. The molecule has 0 spiro atoms. The first-order chi connectivity index (χ1) is 6.63. The Morgan fingerprint density at radius 1 is 1.43 bits per heavy atom. The van der Waals surface area contributed by atoms with Gasteiger partial charge in [-0.05, 0) is 37.0 Å². The third-order valence-electron chi connectivity index (χ3n) is 2.18. The van der Waals surface area contributed by atoms with Crippen LogP contribution in [-0.4, -0.2) is 5.38 Å². The minimum Gasteiger partial charge on any atom is -0.123 e. The topological polar surface area (TPSA) is 0 Å². The molecule has 0 aliphatic carbocycles. The Hall–Kier alpha value is 0.280. The van der Waals surface area contributed by atoms with Gasteiger partial charge in [-0.15, -0.1) is 11.6 Å². The second-order valence-electron chi connectivity index (χ2n) is 3.28. The van der Waals surface area contributed by atoms with Gasteiger partial charge in [-0.25, -0.2) is 0 Å². The van der Waals surface area contributed by atoms with Gasteiger partial charge in [-0.1, -0.05) is 40.5 Å². The van der Waals surface area contributed by atoms with Gasteiger partial charge in [0.25, 0.3) is 0 Å². The van der Waals surface area contributed by atoms with Crippen molar-refractivity contribution in [3.8, 4) is 0 Å². The van der Waals surface area contributed by atoms with Crippen LogP contribution in [0.1, 0.15) is 25.3 Å². The third-order valence-corrected chi connectivity index (χ3v) is 3.56. The standard InChI is InChI=1S/C11H13BrCl2/c1-2-10(13)6-4-8-3-5-9(12)7-11(8)14/h3,5,7,10H,2,4,6H2,1H3. The molecule has 1 rings (SSSR count). The first kappa shape index (κ1) is 12.4. The van der Waals surface area contributed by atoms with Crippen molar-refractivity contribution in [2.45, 2.75) is 31.6 Å². The smallest absolute Gasteiger partial charge is 0.0449 e. The molecule has 0 saturated heterocycles. The predicted octanol–water partition coefficient (Wildman–Crippen LogP) is 5.05. The van der Waals surface area contributed by atoms with Crippen molar-refractivity contribution in [2.75, 3.05) is 0 Å². The van der Waals surface area contributed by atoms with Gasteiger partial charge in [0.15, 0.2) is 0 Å². The van der Waals surface area contributed by atoms with Crippen molar-refractivity contribution in [2.24, 2.45) is 0 Å². The monoisotopic (exact) mass is 294 g/mol. The minimum atomic E-state index is 0.259. The van der Waals surface area contributed by atoms with Crippen molar-refractivity contribution in [1.82, 2.24) is 0 Å². The molecular weight excluding hydrogens is 283 g/mol. The fourth-order valence-electron chi connectivity index (χ4n) is 1.24. The zero-order valence-corrected chi connectivity index (χ0v) is 11.2. The maximum atomic E-state index is 6.08. The van der Waals surface area contributed by atoms with E-state index in [-0.39, 0.29) is 5.38 Å². The zero-order valence-electron chi connectivity index (χ0n) is 8.06. The second kappa shape index (κ2) is 5.99. The molecule has 0 amide bonds. The Labute approximate surface area is 104 Å². The molecule has 0 heterocycles. The van der Waals surface area contributed by atoms with Gasteiger partial charge in [0.2, 0.25) is 0 Å². The largest absolute Gasteiger partial charge is 0.123 e. The van der Waals surface area contributed by atoms with Crippen LogP contribution < -0.4 is 0 Å². The highest BCUT2D eigenvalue weighted by Crippen LogP contribution is 2.23. The molecule has 0 N–H and O–H groups in total. The number of hydrogen-bond donors (Lipinski definition) is 0. The average Bonchev–Trinajstić information content (AvgIpc) is 2.16. The van der Waals surface area contributed by atoms with E-state index >= 15 is 0 Å². The predicted molar refractivity (Wildman–Crippen MR) is 67.4 cm³/mol. The van der Waals surface area contributed by atoms with E-state index in [0.717, 1.165) is 28.8 Å². The highest BCUT2D eigenvalue weighted by atomic mass is 79.9. The van der Waals surface area contributed by atoms with Crippen LogP contribution in [0.15, 0.2) is 22.7 Å². The lowest BCUT2D eigenvalue weighted by Gasteiger charge is -2.07. The molecule has 0 bridgehead atoms. The van der Waals surface area contributed by atoms with E-state index in [1.54, 1.807) is 0 Å². The fraction of sp³-hybridized carbons (Fsp3) is 0.455. The van der Waals surface area contributed by atoms with Gasteiger partial charge in [0.1, 0.15) is 0 Å². The van der Waals surface area contributed by atoms with Crippen molar-refractivity contribution < 1.29 is 0 Å². The van der Waals surface area contributed by atoms with E-state index in [9.17, 15) is 0 Å². The Morgan fingerprint density at radius 3 is 2.71 bits per heavy atom. The first-order valence-electron chi connectivity index (χ1n) is 4.71. The van der Waals surface area contributed by atoms with E-state index in [4.69, 9.17) is 23.2 Å². The summed E-state index contributed by atoms with van der Waals surface area (Å²) in [6.07, 6.45) is 2.95. The lowest BCUT2D eigenvalue weighted by atomic mass is 10.1. The molecule has 1 atom stereocenters. The summed E-state index contributed by atoms with van der Waals surface area (Å²) < 4.78 is 1.02. The maximum absolute atomic E-state index is 6.08. The number of alkyl halides is 1. The van der Waals surface area contributed by atoms with Gasteiger partial charge in [0, 0.05) is 14.9 Å². The molecule has 0 aliphatic heterocycles. The Morgan fingerprint density at radius 2 is 2.14 bits per heavy atom. The molecule has 1 unspecified atom stereocenters. The first-order valence-corrected chi connectivity index (χ1v) is 6.32. The van der Waals surface area contributed by atoms with Crippen LogP contribution in [0.5, 0.6) is 0 Å². The van der Waals surface area contributed by atoms with E-state index in [1.807, 2.05) is 18.2 Å². The molecule has 0 nitrogen and oxygen atoms in total.